The number of benzene rings is 1. The number of hydrogen-bond donors (Lipinski definition) is 1. The number of ether oxygens (including phenoxy) is 2. The molecule has 0 heterocycles. The predicted octanol–water partition coefficient (Wildman–Crippen LogP) is 4.04. The molecular formula is C15H14Cl2F3NO4. The van der Waals surface area contributed by atoms with Gasteiger partial charge in [0.25, 0.3) is 5.91 Å². The summed E-state index contributed by atoms with van der Waals surface area (Å²) >= 11 is 11.7. The lowest BCUT2D eigenvalue weighted by molar-refractivity contribution is -0.274. The summed E-state index contributed by atoms with van der Waals surface area (Å²) in [7, 11) is 0. The maximum atomic E-state index is 12.1. The second-order valence-corrected chi connectivity index (χ2v) is 7.31. The van der Waals surface area contributed by atoms with E-state index in [0.717, 1.165) is 12.1 Å². The molecule has 1 amide bonds. The van der Waals surface area contributed by atoms with Gasteiger partial charge in [0, 0.05) is 12.1 Å². The lowest BCUT2D eigenvalue weighted by Crippen LogP contribution is -2.33. The summed E-state index contributed by atoms with van der Waals surface area (Å²) in [6, 6.07) is 4.53. The summed E-state index contributed by atoms with van der Waals surface area (Å²) < 4.78 is 43.8. The highest BCUT2D eigenvalue weighted by atomic mass is 35.5. The van der Waals surface area contributed by atoms with E-state index in [1.807, 2.05) is 0 Å². The summed E-state index contributed by atoms with van der Waals surface area (Å²) in [5, 5.41) is 2.41. The van der Waals surface area contributed by atoms with Gasteiger partial charge in [0.1, 0.15) is 15.5 Å². The first kappa shape index (κ1) is 19.7. The molecule has 2 unspecified atom stereocenters. The normalized spacial score (nSPS) is 22.7. The van der Waals surface area contributed by atoms with Gasteiger partial charge < -0.3 is 14.8 Å². The van der Waals surface area contributed by atoms with Crippen LogP contribution in [0.1, 0.15) is 20.3 Å². The number of anilines is 1. The van der Waals surface area contributed by atoms with Gasteiger partial charge in [-0.05, 0) is 38.1 Å². The Morgan fingerprint density at radius 2 is 1.76 bits per heavy atom. The Bertz CT molecular complexity index is 678. The zero-order chi connectivity index (χ0) is 19.0. The summed E-state index contributed by atoms with van der Waals surface area (Å²) in [6.07, 6.45) is -5.72. The average Bonchev–Trinajstić information content (AvgIpc) is 2.99. The molecule has 1 saturated carbocycles. The molecule has 0 bridgehead atoms. The van der Waals surface area contributed by atoms with Gasteiger partial charge in [-0.3, -0.25) is 9.59 Å². The van der Waals surface area contributed by atoms with Crippen molar-refractivity contribution in [3.8, 4) is 5.75 Å². The lowest BCUT2D eigenvalue weighted by atomic mass is 10.1. The predicted molar refractivity (Wildman–Crippen MR) is 84.5 cm³/mol. The first-order chi connectivity index (χ1) is 11.3. The number of carbonyl (C=O) groups is 2. The number of alkyl halides is 5. The van der Waals surface area contributed by atoms with E-state index in [-0.39, 0.29) is 12.1 Å². The Balaban J connectivity index is 1.90. The van der Waals surface area contributed by atoms with E-state index in [9.17, 15) is 22.8 Å². The van der Waals surface area contributed by atoms with Gasteiger partial charge in [0.15, 0.2) is 6.10 Å². The Labute approximate surface area is 151 Å². The summed E-state index contributed by atoms with van der Waals surface area (Å²) in [4.78, 5) is 24.0. The SMILES string of the molecule is CC(OC(=O)C1(C)CC1(Cl)Cl)C(=O)Nc1ccc(OC(F)(F)F)cc1. The molecule has 0 aliphatic heterocycles. The van der Waals surface area contributed by atoms with Crippen LogP contribution < -0.4 is 10.1 Å². The second kappa shape index (κ2) is 6.57. The molecule has 5 nitrogen and oxygen atoms in total. The Hall–Kier alpha value is -1.67. The molecule has 2 rings (SSSR count). The van der Waals surface area contributed by atoms with E-state index >= 15 is 0 Å². The van der Waals surface area contributed by atoms with Crippen molar-refractivity contribution in [3.63, 3.8) is 0 Å². The minimum absolute atomic E-state index is 0.212. The number of amides is 1. The van der Waals surface area contributed by atoms with Gasteiger partial charge in [-0.1, -0.05) is 0 Å². The van der Waals surface area contributed by atoms with E-state index in [2.05, 4.69) is 10.1 Å². The third-order valence-corrected chi connectivity index (χ3v) is 4.82. The zero-order valence-corrected chi connectivity index (χ0v) is 14.6. The molecule has 25 heavy (non-hydrogen) atoms. The van der Waals surface area contributed by atoms with Crippen molar-refractivity contribution in [2.75, 3.05) is 5.32 Å². The molecule has 0 saturated heterocycles. The van der Waals surface area contributed by atoms with Crippen LogP contribution in [-0.4, -0.2) is 28.7 Å². The van der Waals surface area contributed by atoms with Crippen molar-refractivity contribution in [1.82, 2.24) is 0 Å². The van der Waals surface area contributed by atoms with E-state index in [1.165, 1.54) is 26.0 Å². The summed E-state index contributed by atoms with van der Waals surface area (Å²) in [6.45, 7) is 2.88. The van der Waals surface area contributed by atoms with Gasteiger partial charge in [-0.2, -0.15) is 0 Å². The molecule has 10 heteroatoms. The average molecular weight is 400 g/mol. The van der Waals surface area contributed by atoms with Crippen LogP contribution in [0.5, 0.6) is 5.75 Å². The maximum absolute atomic E-state index is 12.1. The Kier molecular flexibility index (Phi) is 5.16. The quantitative estimate of drug-likeness (QED) is 0.599. The van der Waals surface area contributed by atoms with Crippen molar-refractivity contribution in [2.45, 2.75) is 37.1 Å². The summed E-state index contributed by atoms with van der Waals surface area (Å²) in [5.41, 5.74) is -0.856. The van der Waals surface area contributed by atoms with Crippen molar-refractivity contribution in [2.24, 2.45) is 5.41 Å². The second-order valence-electron chi connectivity index (χ2n) is 5.82. The van der Waals surface area contributed by atoms with Crippen LogP contribution in [-0.2, 0) is 14.3 Å². The number of hydrogen-bond acceptors (Lipinski definition) is 4. The van der Waals surface area contributed by atoms with Crippen molar-refractivity contribution >= 4 is 40.8 Å². The molecule has 1 aliphatic rings. The number of carbonyl (C=O) groups excluding carboxylic acids is 2. The fraction of sp³-hybridized carbons (Fsp3) is 0.467. The first-order valence-electron chi connectivity index (χ1n) is 7.10. The van der Waals surface area contributed by atoms with Gasteiger partial charge in [0.2, 0.25) is 0 Å². The van der Waals surface area contributed by atoms with E-state index in [0.29, 0.717) is 0 Å². The van der Waals surface area contributed by atoms with Crippen molar-refractivity contribution in [1.29, 1.82) is 0 Å². The molecule has 1 aromatic rings. The minimum atomic E-state index is -4.80. The third kappa shape index (κ3) is 4.70. The van der Waals surface area contributed by atoms with Crippen LogP contribution in [0.4, 0.5) is 18.9 Å². The van der Waals surface area contributed by atoms with E-state index in [1.54, 1.807) is 0 Å². The monoisotopic (exact) mass is 399 g/mol. The smallest absolute Gasteiger partial charge is 0.452 e. The molecule has 0 spiro atoms. The molecular weight excluding hydrogens is 386 g/mol. The summed E-state index contributed by atoms with van der Waals surface area (Å²) in [5.74, 6) is -1.78. The van der Waals surface area contributed by atoms with Crippen LogP contribution in [0, 0.1) is 5.41 Å². The number of nitrogens with one attached hydrogen (secondary N) is 1. The Morgan fingerprint density at radius 3 is 2.20 bits per heavy atom. The molecule has 1 aliphatic carbocycles. The number of halogens is 5. The van der Waals surface area contributed by atoms with Crippen molar-refractivity contribution < 1.29 is 32.2 Å². The van der Waals surface area contributed by atoms with Crippen LogP contribution in [0.2, 0.25) is 0 Å². The molecule has 1 N–H and O–H groups in total. The molecule has 0 aromatic heterocycles. The minimum Gasteiger partial charge on any atom is -0.452 e. The Morgan fingerprint density at radius 1 is 1.24 bits per heavy atom. The van der Waals surface area contributed by atoms with Gasteiger partial charge >= 0.3 is 12.3 Å². The van der Waals surface area contributed by atoms with Crippen LogP contribution in [0.15, 0.2) is 24.3 Å². The van der Waals surface area contributed by atoms with Crippen LogP contribution in [0.25, 0.3) is 0 Å². The van der Waals surface area contributed by atoms with E-state index in [4.69, 9.17) is 27.9 Å². The van der Waals surface area contributed by atoms with E-state index < -0.39 is 39.8 Å². The van der Waals surface area contributed by atoms with Gasteiger partial charge in [0.05, 0.1) is 0 Å². The zero-order valence-electron chi connectivity index (χ0n) is 13.1. The van der Waals surface area contributed by atoms with Crippen LogP contribution >= 0.6 is 23.2 Å². The standard InChI is InChI=1S/C15H14Cl2F3NO4/c1-8(24-12(23)13(2)7-14(13,16)17)11(22)21-9-3-5-10(6-4-9)25-15(18,19)20/h3-6,8H,7H2,1-2H3,(H,21,22). The molecule has 2 atom stereocenters. The molecule has 138 valence electrons. The molecule has 1 aromatic carbocycles. The highest BCUT2D eigenvalue weighted by molar-refractivity contribution is 6.53. The number of esters is 1. The third-order valence-electron chi connectivity index (χ3n) is 3.72. The highest BCUT2D eigenvalue weighted by Crippen LogP contribution is 2.64. The largest absolute Gasteiger partial charge is 0.573 e. The number of rotatable bonds is 5. The van der Waals surface area contributed by atoms with Crippen LogP contribution in [0.3, 0.4) is 0 Å². The maximum Gasteiger partial charge on any atom is 0.573 e. The first-order valence-corrected chi connectivity index (χ1v) is 7.85. The fourth-order valence-corrected chi connectivity index (χ4v) is 2.64. The highest BCUT2D eigenvalue weighted by Gasteiger charge is 2.69. The van der Waals surface area contributed by atoms with Gasteiger partial charge in [-0.25, -0.2) is 0 Å². The lowest BCUT2D eigenvalue weighted by Gasteiger charge is -2.17. The molecule has 0 radical (unpaired) electrons. The van der Waals surface area contributed by atoms with Crippen molar-refractivity contribution in [3.05, 3.63) is 24.3 Å². The fourth-order valence-electron chi connectivity index (χ4n) is 1.95. The topological polar surface area (TPSA) is 64.6 Å². The molecule has 1 fully saturated rings. The van der Waals surface area contributed by atoms with Gasteiger partial charge in [-0.15, -0.1) is 36.4 Å².